The number of nitrogens with two attached hydrogens (primary N) is 1. The number of rotatable bonds is 3. The standard InChI is InChI=1S/C20H16N4O/c21-20-19(15-9-5-2-6-10-15)24-13-16(11-12-17(24)22-20)18(23-25)14-7-3-1-4-8-14/h1-13,25H,21H2. The highest BCUT2D eigenvalue weighted by Crippen LogP contribution is 2.27. The van der Waals surface area contributed by atoms with Gasteiger partial charge >= 0.3 is 0 Å². The van der Waals surface area contributed by atoms with E-state index in [0.29, 0.717) is 11.5 Å². The minimum absolute atomic E-state index is 0.463. The number of pyridine rings is 1. The summed E-state index contributed by atoms with van der Waals surface area (Å²) in [4.78, 5) is 4.43. The maximum absolute atomic E-state index is 9.53. The Balaban J connectivity index is 1.91. The van der Waals surface area contributed by atoms with E-state index in [0.717, 1.165) is 28.0 Å². The average molecular weight is 328 g/mol. The third-order valence-corrected chi connectivity index (χ3v) is 4.11. The van der Waals surface area contributed by atoms with Crippen molar-refractivity contribution in [1.82, 2.24) is 9.38 Å². The lowest BCUT2D eigenvalue weighted by molar-refractivity contribution is 0.319. The Hall–Kier alpha value is -3.60. The Labute approximate surface area is 144 Å². The van der Waals surface area contributed by atoms with Crippen molar-refractivity contribution in [3.63, 3.8) is 0 Å². The number of anilines is 1. The lowest BCUT2D eigenvalue weighted by atomic mass is 10.0. The second-order valence-corrected chi connectivity index (χ2v) is 5.67. The number of oxime groups is 1. The first-order valence-corrected chi connectivity index (χ1v) is 7.89. The van der Waals surface area contributed by atoms with E-state index in [4.69, 9.17) is 5.73 Å². The third-order valence-electron chi connectivity index (χ3n) is 4.11. The zero-order valence-corrected chi connectivity index (χ0v) is 13.4. The molecular formula is C20H16N4O. The molecule has 0 aliphatic carbocycles. The number of imidazole rings is 1. The highest BCUT2D eigenvalue weighted by atomic mass is 16.4. The summed E-state index contributed by atoms with van der Waals surface area (Å²) < 4.78 is 1.92. The number of benzene rings is 2. The molecule has 0 aliphatic rings. The molecule has 3 N–H and O–H groups in total. The molecule has 2 heterocycles. The van der Waals surface area contributed by atoms with Crippen LogP contribution in [0.3, 0.4) is 0 Å². The van der Waals surface area contributed by atoms with E-state index in [1.54, 1.807) is 0 Å². The first-order valence-electron chi connectivity index (χ1n) is 7.89. The summed E-state index contributed by atoms with van der Waals surface area (Å²) in [5, 5.41) is 13.0. The van der Waals surface area contributed by atoms with Gasteiger partial charge in [-0.2, -0.15) is 0 Å². The van der Waals surface area contributed by atoms with Crippen molar-refractivity contribution in [2.45, 2.75) is 0 Å². The number of nitrogen functional groups attached to an aromatic ring is 1. The van der Waals surface area contributed by atoms with Gasteiger partial charge in [0, 0.05) is 22.9 Å². The second kappa shape index (κ2) is 6.13. The molecule has 4 aromatic rings. The van der Waals surface area contributed by atoms with Crippen LogP contribution < -0.4 is 5.73 Å². The summed E-state index contributed by atoms with van der Waals surface area (Å²) in [6.07, 6.45) is 1.89. The smallest absolute Gasteiger partial charge is 0.150 e. The van der Waals surface area contributed by atoms with Gasteiger partial charge < -0.3 is 10.9 Å². The van der Waals surface area contributed by atoms with Gasteiger partial charge in [0.1, 0.15) is 11.4 Å². The fraction of sp³-hybridized carbons (Fsp3) is 0. The van der Waals surface area contributed by atoms with Crippen molar-refractivity contribution in [3.05, 3.63) is 90.1 Å². The van der Waals surface area contributed by atoms with Gasteiger partial charge in [0.05, 0.1) is 5.69 Å². The largest absolute Gasteiger partial charge is 0.410 e. The summed E-state index contributed by atoms with van der Waals surface area (Å²) in [5.74, 6) is 0.463. The van der Waals surface area contributed by atoms with Crippen LogP contribution in [-0.2, 0) is 0 Å². The zero-order chi connectivity index (χ0) is 17.2. The van der Waals surface area contributed by atoms with Crippen LogP contribution in [0.1, 0.15) is 11.1 Å². The highest BCUT2D eigenvalue weighted by Gasteiger charge is 2.14. The van der Waals surface area contributed by atoms with E-state index in [2.05, 4.69) is 10.1 Å². The molecule has 4 rings (SSSR count). The van der Waals surface area contributed by atoms with Crippen LogP contribution in [0, 0.1) is 0 Å². The number of hydrogen-bond donors (Lipinski definition) is 2. The molecule has 2 aromatic heterocycles. The highest BCUT2D eigenvalue weighted by molar-refractivity contribution is 6.12. The predicted octanol–water partition coefficient (Wildman–Crippen LogP) is 3.81. The number of nitrogens with zero attached hydrogens (tertiary/aromatic N) is 3. The van der Waals surface area contributed by atoms with Crippen LogP contribution in [-0.4, -0.2) is 20.3 Å². The molecule has 0 atom stereocenters. The van der Waals surface area contributed by atoms with Gasteiger partial charge in [-0.25, -0.2) is 4.98 Å². The topological polar surface area (TPSA) is 75.9 Å². The van der Waals surface area contributed by atoms with E-state index >= 15 is 0 Å². The summed E-state index contributed by atoms with van der Waals surface area (Å²) >= 11 is 0. The van der Waals surface area contributed by atoms with Crippen molar-refractivity contribution < 1.29 is 5.21 Å². The molecule has 122 valence electrons. The van der Waals surface area contributed by atoms with Crippen molar-refractivity contribution in [3.8, 4) is 11.3 Å². The second-order valence-electron chi connectivity index (χ2n) is 5.67. The summed E-state index contributed by atoms with van der Waals surface area (Å²) in [6.45, 7) is 0. The summed E-state index contributed by atoms with van der Waals surface area (Å²) in [7, 11) is 0. The van der Waals surface area contributed by atoms with Crippen molar-refractivity contribution >= 4 is 17.2 Å². The summed E-state index contributed by atoms with van der Waals surface area (Å²) in [5.41, 5.74) is 10.8. The van der Waals surface area contributed by atoms with Crippen molar-refractivity contribution in [2.24, 2.45) is 5.16 Å². The minimum Gasteiger partial charge on any atom is -0.410 e. The van der Waals surface area contributed by atoms with E-state index in [-0.39, 0.29) is 0 Å². The molecule has 0 saturated heterocycles. The van der Waals surface area contributed by atoms with Gasteiger partial charge in [-0.15, -0.1) is 0 Å². The molecule has 0 spiro atoms. The van der Waals surface area contributed by atoms with E-state index < -0.39 is 0 Å². The Morgan fingerprint density at radius 3 is 2.24 bits per heavy atom. The van der Waals surface area contributed by atoms with Crippen molar-refractivity contribution in [1.29, 1.82) is 0 Å². The Morgan fingerprint density at radius 1 is 0.880 bits per heavy atom. The van der Waals surface area contributed by atoms with Gasteiger partial charge in [0.2, 0.25) is 0 Å². The van der Waals surface area contributed by atoms with Crippen LogP contribution in [0.25, 0.3) is 16.9 Å². The normalized spacial score (nSPS) is 11.8. The van der Waals surface area contributed by atoms with Gasteiger partial charge in [0.25, 0.3) is 0 Å². The zero-order valence-electron chi connectivity index (χ0n) is 13.4. The molecule has 25 heavy (non-hydrogen) atoms. The van der Waals surface area contributed by atoms with Gasteiger partial charge in [-0.05, 0) is 12.1 Å². The monoisotopic (exact) mass is 328 g/mol. The Bertz CT molecular complexity index is 1050. The number of aromatic nitrogens is 2. The first-order chi connectivity index (χ1) is 12.3. The van der Waals surface area contributed by atoms with E-state index in [1.807, 2.05) is 83.4 Å². The predicted molar refractivity (Wildman–Crippen MR) is 98.9 cm³/mol. The van der Waals surface area contributed by atoms with Gasteiger partial charge in [-0.3, -0.25) is 4.40 Å². The number of fused-ring (bicyclic) bond motifs is 1. The van der Waals surface area contributed by atoms with E-state index in [1.165, 1.54) is 0 Å². The fourth-order valence-electron chi connectivity index (χ4n) is 2.96. The fourth-order valence-corrected chi connectivity index (χ4v) is 2.96. The Kier molecular flexibility index (Phi) is 3.67. The van der Waals surface area contributed by atoms with Crippen molar-refractivity contribution in [2.75, 3.05) is 5.73 Å². The van der Waals surface area contributed by atoms with Crippen LogP contribution in [0.2, 0.25) is 0 Å². The van der Waals surface area contributed by atoms with Crippen LogP contribution in [0.5, 0.6) is 0 Å². The quantitative estimate of drug-likeness (QED) is 0.341. The number of hydrogen-bond acceptors (Lipinski definition) is 4. The molecule has 0 saturated carbocycles. The molecule has 0 unspecified atom stereocenters. The molecule has 5 nitrogen and oxygen atoms in total. The van der Waals surface area contributed by atoms with Gasteiger partial charge in [-0.1, -0.05) is 65.8 Å². The van der Waals surface area contributed by atoms with Crippen LogP contribution in [0.4, 0.5) is 5.82 Å². The molecular weight excluding hydrogens is 312 g/mol. The molecule has 2 aromatic carbocycles. The minimum atomic E-state index is 0.463. The third kappa shape index (κ3) is 2.61. The first kappa shape index (κ1) is 15.0. The summed E-state index contributed by atoms with van der Waals surface area (Å²) in [6, 6.07) is 23.1. The Morgan fingerprint density at radius 2 is 1.56 bits per heavy atom. The lowest BCUT2D eigenvalue weighted by Gasteiger charge is -2.08. The SMILES string of the molecule is Nc1nc2ccc(C(=NO)c3ccccc3)cn2c1-c1ccccc1. The average Bonchev–Trinajstić information content (AvgIpc) is 2.99. The molecule has 5 heteroatoms. The van der Waals surface area contributed by atoms with E-state index in [9.17, 15) is 5.21 Å². The lowest BCUT2D eigenvalue weighted by Crippen LogP contribution is -2.05. The molecule has 0 amide bonds. The molecule has 0 fully saturated rings. The van der Waals surface area contributed by atoms with Crippen LogP contribution in [0.15, 0.2) is 84.1 Å². The maximum atomic E-state index is 9.53. The van der Waals surface area contributed by atoms with Gasteiger partial charge in [0.15, 0.2) is 5.82 Å². The molecule has 0 radical (unpaired) electrons. The molecule has 0 aliphatic heterocycles. The maximum Gasteiger partial charge on any atom is 0.150 e. The van der Waals surface area contributed by atoms with Crippen LogP contribution >= 0.6 is 0 Å². The molecule has 0 bridgehead atoms.